The second-order valence-corrected chi connectivity index (χ2v) is 6.15. The predicted octanol–water partition coefficient (Wildman–Crippen LogP) is 0.827. The van der Waals surface area contributed by atoms with Crippen molar-refractivity contribution in [1.29, 1.82) is 0 Å². The van der Waals surface area contributed by atoms with Crippen LogP contribution in [-0.2, 0) is 19.5 Å². The van der Waals surface area contributed by atoms with Crippen LogP contribution in [0.25, 0.3) is 0 Å². The van der Waals surface area contributed by atoms with E-state index in [1.54, 1.807) is 33.1 Å². The molecule has 0 amide bonds. The molecule has 0 aliphatic rings. The Balaban J connectivity index is 2.68. The first-order valence-corrected chi connectivity index (χ1v) is 7.80. The summed E-state index contributed by atoms with van der Waals surface area (Å²) in [5, 5.41) is 0. The number of aryl methyl sites for hydroxylation is 2. The predicted molar refractivity (Wildman–Crippen MR) is 78.2 cm³/mol. The summed E-state index contributed by atoms with van der Waals surface area (Å²) < 4.78 is 37.0. The van der Waals surface area contributed by atoms with E-state index in [1.165, 1.54) is 0 Å². The molecule has 1 rings (SSSR count). The Morgan fingerprint density at radius 1 is 1.15 bits per heavy atom. The van der Waals surface area contributed by atoms with Crippen molar-refractivity contribution in [3.63, 3.8) is 0 Å². The number of anilines is 1. The van der Waals surface area contributed by atoms with Gasteiger partial charge in [0.25, 0.3) is 0 Å². The molecule has 6 nitrogen and oxygen atoms in total. The number of methoxy groups -OCH3 is 1. The van der Waals surface area contributed by atoms with Gasteiger partial charge in [-0.25, -0.2) is 13.1 Å². The fourth-order valence-corrected chi connectivity index (χ4v) is 3.17. The summed E-state index contributed by atoms with van der Waals surface area (Å²) in [6.07, 6.45) is 0. The van der Waals surface area contributed by atoms with E-state index in [9.17, 15) is 8.42 Å². The van der Waals surface area contributed by atoms with E-state index in [4.69, 9.17) is 15.2 Å². The van der Waals surface area contributed by atoms with Gasteiger partial charge in [-0.05, 0) is 25.0 Å². The van der Waals surface area contributed by atoms with Crippen molar-refractivity contribution < 1.29 is 17.9 Å². The number of sulfonamides is 1. The van der Waals surface area contributed by atoms with E-state index in [1.807, 2.05) is 0 Å². The monoisotopic (exact) mass is 302 g/mol. The molecule has 0 unspecified atom stereocenters. The minimum absolute atomic E-state index is 0.148. The zero-order valence-electron chi connectivity index (χ0n) is 12.1. The molecule has 0 bridgehead atoms. The van der Waals surface area contributed by atoms with Gasteiger partial charge in [0, 0.05) is 13.7 Å². The van der Waals surface area contributed by atoms with Gasteiger partial charge in [-0.3, -0.25) is 0 Å². The summed E-state index contributed by atoms with van der Waals surface area (Å²) >= 11 is 0. The topological polar surface area (TPSA) is 90.6 Å². The molecule has 114 valence electrons. The van der Waals surface area contributed by atoms with Gasteiger partial charge in [-0.1, -0.05) is 12.1 Å². The van der Waals surface area contributed by atoms with Gasteiger partial charge in [0.15, 0.2) is 0 Å². The fraction of sp³-hybridized carbons (Fsp3) is 0.538. The largest absolute Gasteiger partial charge is 0.397 e. The van der Waals surface area contributed by atoms with Crippen molar-refractivity contribution in [2.45, 2.75) is 18.7 Å². The normalized spacial score (nSPS) is 11.8. The number of nitrogens with two attached hydrogens (primary N) is 1. The minimum Gasteiger partial charge on any atom is -0.397 e. The van der Waals surface area contributed by atoms with Crippen LogP contribution in [0.2, 0.25) is 0 Å². The Labute approximate surface area is 120 Å². The molecule has 0 fully saturated rings. The van der Waals surface area contributed by atoms with Crippen molar-refractivity contribution in [2.75, 3.05) is 39.2 Å². The summed E-state index contributed by atoms with van der Waals surface area (Å²) in [6, 6.07) is 3.55. The molecule has 0 atom stereocenters. The summed E-state index contributed by atoms with van der Waals surface area (Å²) in [5.41, 5.74) is 7.53. The molecule has 0 radical (unpaired) electrons. The van der Waals surface area contributed by atoms with Crippen LogP contribution in [0.4, 0.5) is 5.69 Å². The molecule has 3 N–H and O–H groups in total. The molecule has 0 aliphatic carbocycles. The van der Waals surface area contributed by atoms with Crippen LogP contribution in [-0.4, -0.2) is 41.9 Å². The number of nitrogen functional groups attached to an aromatic ring is 1. The SMILES string of the molecule is COCCOCCNS(=O)(=O)c1c(C)ccc(C)c1N. The lowest BCUT2D eigenvalue weighted by Gasteiger charge is -2.13. The third kappa shape index (κ3) is 4.45. The van der Waals surface area contributed by atoms with Gasteiger partial charge in [-0.15, -0.1) is 0 Å². The van der Waals surface area contributed by atoms with Crippen LogP contribution in [0.1, 0.15) is 11.1 Å². The Hall–Kier alpha value is -1.15. The standard InChI is InChI=1S/C13H22N2O4S/c1-10-4-5-11(2)13(12(10)14)20(16,17)15-6-7-19-9-8-18-3/h4-5,15H,6-9,14H2,1-3H3. The maximum atomic E-state index is 12.2. The van der Waals surface area contributed by atoms with Crippen molar-refractivity contribution >= 4 is 15.7 Å². The lowest BCUT2D eigenvalue weighted by atomic mass is 10.1. The van der Waals surface area contributed by atoms with Crippen LogP contribution >= 0.6 is 0 Å². The van der Waals surface area contributed by atoms with Crippen molar-refractivity contribution in [1.82, 2.24) is 4.72 Å². The lowest BCUT2D eigenvalue weighted by molar-refractivity contribution is 0.0736. The Bertz CT molecular complexity index is 544. The third-order valence-electron chi connectivity index (χ3n) is 2.85. The van der Waals surface area contributed by atoms with Gasteiger partial charge in [-0.2, -0.15) is 0 Å². The summed E-state index contributed by atoms with van der Waals surface area (Å²) in [7, 11) is -2.04. The third-order valence-corrected chi connectivity index (χ3v) is 4.51. The van der Waals surface area contributed by atoms with E-state index in [0.717, 1.165) is 5.56 Å². The van der Waals surface area contributed by atoms with Crippen LogP contribution in [0.5, 0.6) is 0 Å². The van der Waals surface area contributed by atoms with Gasteiger partial charge in [0.2, 0.25) is 10.0 Å². The fourth-order valence-electron chi connectivity index (χ4n) is 1.73. The molecule has 20 heavy (non-hydrogen) atoms. The van der Waals surface area contributed by atoms with E-state index in [0.29, 0.717) is 18.8 Å². The quantitative estimate of drug-likeness (QED) is 0.548. The van der Waals surface area contributed by atoms with E-state index in [2.05, 4.69) is 4.72 Å². The molecule has 0 saturated carbocycles. The second kappa shape index (κ2) is 7.58. The summed E-state index contributed by atoms with van der Waals surface area (Å²) in [4.78, 5) is 0.148. The van der Waals surface area contributed by atoms with Gasteiger partial charge in [0.1, 0.15) is 4.90 Å². The Morgan fingerprint density at radius 2 is 1.80 bits per heavy atom. The highest BCUT2D eigenvalue weighted by atomic mass is 32.2. The molecule has 7 heteroatoms. The minimum atomic E-state index is -3.62. The van der Waals surface area contributed by atoms with Crippen molar-refractivity contribution in [3.05, 3.63) is 23.3 Å². The first-order chi connectivity index (χ1) is 9.40. The molecule has 1 aromatic rings. The summed E-state index contributed by atoms with van der Waals surface area (Å²) in [5.74, 6) is 0. The maximum absolute atomic E-state index is 12.2. The number of rotatable bonds is 8. The Kier molecular flexibility index (Phi) is 6.41. The first-order valence-electron chi connectivity index (χ1n) is 6.32. The van der Waals surface area contributed by atoms with Crippen molar-refractivity contribution in [3.8, 4) is 0 Å². The summed E-state index contributed by atoms with van der Waals surface area (Å²) in [6.45, 7) is 4.90. The van der Waals surface area contributed by atoms with Gasteiger partial charge < -0.3 is 15.2 Å². The molecule has 0 saturated heterocycles. The zero-order valence-corrected chi connectivity index (χ0v) is 12.9. The van der Waals surface area contributed by atoms with Crippen molar-refractivity contribution in [2.24, 2.45) is 0 Å². The number of ether oxygens (including phenoxy) is 2. The van der Waals surface area contributed by atoms with Crippen LogP contribution in [0.3, 0.4) is 0 Å². The van der Waals surface area contributed by atoms with Crippen LogP contribution in [0, 0.1) is 13.8 Å². The van der Waals surface area contributed by atoms with E-state index >= 15 is 0 Å². The number of benzene rings is 1. The van der Waals surface area contributed by atoms with E-state index in [-0.39, 0.29) is 23.7 Å². The van der Waals surface area contributed by atoms with Gasteiger partial charge >= 0.3 is 0 Å². The average molecular weight is 302 g/mol. The highest BCUT2D eigenvalue weighted by molar-refractivity contribution is 7.89. The lowest BCUT2D eigenvalue weighted by Crippen LogP contribution is -2.29. The first kappa shape index (κ1) is 16.9. The average Bonchev–Trinajstić information content (AvgIpc) is 2.38. The number of hydrogen-bond donors (Lipinski definition) is 2. The highest BCUT2D eigenvalue weighted by Gasteiger charge is 2.20. The zero-order chi connectivity index (χ0) is 15.2. The molecule has 0 aliphatic heterocycles. The van der Waals surface area contributed by atoms with Crippen LogP contribution < -0.4 is 10.5 Å². The molecular weight excluding hydrogens is 280 g/mol. The molecule has 0 aromatic heterocycles. The molecular formula is C13H22N2O4S. The maximum Gasteiger partial charge on any atom is 0.242 e. The van der Waals surface area contributed by atoms with E-state index < -0.39 is 10.0 Å². The smallest absolute Gasteiger partial charge is 0.242 e. The number of hydrogen-bond acceptors (Lipinski definition) is 5. The van der Waals surface area contributed by atoms with Crippen LogP contribution in [0.15, 0.2) is 17.0 Å². The second-order valence-electron chi connectivity index (χ2n) is 4.45. The Morgan fingerprint density at radius 3 is 2.45 bits per heavy atom. The molecule has 0 spiro atoms. The highest BCUT2D eigenvalue weighted by Crippen LogP contribution is 2.25. The molecule has 0 heterocycles. The van der Waals surface area contributed by atoms with Gasteiger partial charge in [0.05, 0.1) is 25.5 Å². The molecule has 1 aromatic carbocycles. The number of nitrogens with one attached hydrogen (secondary N) is 1.